The summed E-state index contributed by atoms with van der Waals surface area (Å²) in [6, 6.07) is 24.3. The first-order valence-electron chi connectivity index (χ1n) is 11.2. The predicted octanol–water partition coefficient (Wildman–Crippen LogP) is 7.11. The fourth-order valence-electron chi connectivity index (χ4n) is 4.45. The number of carbonyl (C=O) groups is 1. The van der Waals surface area contributed by atoms with E-state index in [1.165, 1.54) is 5.56 Å². The van der Waals surface area contributed by atoms with Gasteiger partial charge in [0.15, 0.2) is 0 Å². The number of hydrogen-bond acceptors (Lipinski definition) is 5. The lowest BCUT2D eigenvalue weighted by atomic mass is 9.99. The monoisotopic (exact) mass is 482 g/mol. The first kappa shape index (κ1) is 21.0. The minimum atomic E-state index is -0.0700. The minimum Gasteiger partial charge on any atom is -0.324 e. The van der Waals surface area contributed by atoms with Crippen LogP contribution in [-0.4, -0.2) is 34.0 Å². The fourth-order valence-corrected chi connectivity index (χ4v) is 5.88. The van der Waals surface area contributed by atoms with Gasteiger partial charge in [0.25, 0.3) is 0 Å². The summed E-state index contributed by atoms with van der Waals surface area (Å²) < 4.78 is 0. The first-order chi connectivity index (χ1) is 16.7. The van der Waals surface area contributed by atoms with Crippen LogP contribution in [-0.2, 0) is 0 Å². The van der Waals surface area contributed by atoms with E-state index in [0.29, 0.717) is 5.92 Å². The molecule has 0 aliphatic carbocycles. The highest BCUT2D eigenvalue weighted by atomic mass is 32.1. The van der Waals surface area contributed by atoms with Crippen molar-refractivity contribution in [2.75, 3.05) is 18.4 Å². The van der Waals surface area contributed by atoms with E-state index in [1.54, 1.807) is 22.7 Å². The standard InChI is InChI=1S/C27H22N4OS2/c32-27(31-13-12-19(17-31)18-6-2-1-3-7-18)28-20-10-11-21-22(16-20)30-26(24-9-5-15-34-24)25(29-21)23-8-4-14-33-23/h1-11,14-16,19H,12-13,17H2,(H,28,32). The van der Waals surface area contributed by atoms with Crippen molar-refractivity contribution in [1.29, 1.82) is 0 Å². The maximum absolute atomic E-state index is 13.0. The van der Waals surface area contributed by atoms with Crippen molar-refractivity contribution in [1.82, 2.24) is 14.9 Å². The van der Waals surface area contributed by atoms with Gasteiger partial charge in [-0.15, -0.1) is 22.7 Å². The summed E-state index contributed by atoms with van der Waals surface area (Å²) in [4.78, 5) is 27.0. The molecular weight excluding hydrogens is 460 g/mol. The summed E-state index contributed by atoms with van der Waals surface area (Å²) in [5.74, 6) is 0.387. The molecule has 1 aliphatic heterocycles. The van der Waals surface area contributed by atoms with Crippen LogP contribution in [0, 0.1) is 0 Å². The van der Waals surface area contributed by atoms with Crippen molar-refractivity contribution in [3.63, 3.8) is 0 Å². The molecule has 1 saturated heterocycles. The summed E-state index contributed by atoms with van der Waals surface area (Å²) in [7, 11) is 0. The smallest absolute Gasteiger partial charge is 0.321 e. The van der Waals surface area contributed by atoms with Gasteiger partial charge in [-0.2, -0.15) is 0 Å². The molecule has 6 rings (SSSR count). The van der Waals surface area contributed by atoms with Crippen molar-refractivity contribution in [2.24, 2.45) is 0 Å². The van der Waals surface area contributed by atoms with Crippen LogP contribution < -0.4 is 5.32 Å². The number of nitrogens with zero attached hydrogens (tertiary/aromatic N) is 3. The first-order valence-corrected chi connectivity index (χ1v) is 13.0. The number of aromatic nitrogens is 2. The van der Waals surface area contributed by atoms with Crippen LogP contribution in [0.3, 0.4) is 0 Å². The van der Waals surface area contributed by atoms with E-state index in [1.807, 2.05) is 41.3 Å². The number of urea groups is 1. The number of nitrogens with one attached hydrogen (secondary N) is 1. The number of fused-ring (bicyclic) bond motifs is 1. The number of anilines is 1. The van der Waals surface area contributed by atoms with Gasteiger partial charge in [0, 0.05) is 24.7 Å². The van der Waals surface area contributed by atoms with Gasteiger partial charge in [0.05, 0.1) is 20.8 Å². The van der Waals surface area contributed by atoms with Crippen LogP contribution >= 0.6 is 22.7 Å². The van der Waals surface area contributed by atoms with E-state index in [4.69, 9.17) is 9.97 Å². The van der Waals surface area contributed by atoms with Gasteiger partial charge >= 0.3 is 6.03 Å². The van der Waals surface area contributed by atoms with Crippen LogP contribution in [0.5, 0.6) is 0 Å². The van der Waals surface area contributed by atoms with Gasteiger partial charge in [-0.3, -0.25) is 0 Å². The Labute approximate surface area is 205 Å². The zero-order chi connectivity index (χ0) is 22.9. The largest absolute Gasteiger partial charge is 0.324 e. The van der Waals surface area contributed by atoms with Gasteiger partial charge in [-0.25, -0.2) is 14.8 Å². The van der Waals surface area contributed by atoms with E-state index in [-0.39, 0.29) is 6.03 Å². The second kappa shape index (κ2) is 9.00. The maximum atomic E-state index is 13.0. The quantitative estimate of drug-likeness (QED) is 0.297. The van der Waals surface area contributed by atoms with Crippen LogP contribution in [0.1, 0.15) is 17.9 Å². The number of thiophene rings is 2. The molecule has 1 aliphatic rings. The summed E-state index contributed by atoms with van der Waals surface area (Å²) in [6.45, 7) is 1.49. The number of rotatable bonds is 4. The lowest BCUT2D eigenvalue weighted by molar-refractivity contribution is 0.222. The third-order valence-electron chi connectivity index (χ3n) is 6.17. The van der Waals surface area contributed by atoms with Crippen molar-refractivity contribution >= 4 is 45.4 Å². The van der Waals surface area contributed by atoms with Crippen molar-refractivity contribution in [2.45, 2.75) is 12.3 Å². The van der Waals surface area contributed by atoms with E-state index < -0.39 is 0 Å². The van der Waals surface area contributed by atoms with E-state index in [9.17, 15) is 4.79 Å². The van der Waals surface area contributed by atoms with E-state index in [2.05, 4.69) is 52.5 Å². The van der Waals surface area contributed by atoms with Crippen molar-refractivity contribution in [3.05, 3.63) is 89.1 Å². The molecule has 4 heterocycles. The van der Waals surface area contributed by atoms with Crippen LogP contribution in [0.4, 0.5) is 10.5 Å². The average Bonchev–Trinajstić information content (AvgIpc) is 3.66. The fraction of sp³-hybridized carbons (Fsp3) is 0.148. The highest BCUT2D eigenvalue weighted by Gasteiger charge is 2.27. The highest BCUT2D eigenvalue weighted by molar-refractivity contribution is 7.14. The Morgan fingerprint density at radius 2 is 1.56 bits per heavy atom. The molecule has 2 amide bonds. The second-order valence-corrected chi connectivity index (χ2v) is 10.2. The SMILES string of the molecule is O=C(Nc1ccc2nc(-c3cccs3)c(-c3cccs3)nc2c1)N1CCC(c2ccccc2)C1. The molecule has 5 nitrogen and oxygen atoms in total. The molecule has 0 saturated carbocycles. The molecule has 0 spiro atoms. The van der Waals surface area contributed by atoms with Gasteiger partial charge in [0.2, 0.25) is 0 Å². The highest BCUT2D eigenvalue weighted by Crippen LogP contribution is 2.36. The number of benzene rings is 2. The average molecular weight is 483 g/mol. The molecule has 1 fully saturated rings. The van der Waals surface area contributed by atoms with Crippen molar-refractivity contribution in [3.8, 4) is 21.1 Å². The summed E-state index contributed by atoms with van der Waals surface area (Å²) in [5, 5.41) is 7.17. The van der Waals surface area contributed by atoms with Crippen LogP contribution in [0.2, 0.25) is 0 Å². The molecule has 1 atom stereocenters. The number of carbonyl (C=O) groups excluding carboxylic acids is 1. The van der Waals surface area contributed by atoms with E-state index >= 15 is 0 Å². The summed E-state index contributed by atoms with van der Waals surface area (Å²) >= 11 is 3.31. The zero-order valence-corrected chi connectivity index (χ0v) is 20.0. The number of hydrogen-bond donors (Lipinski definition) is 1. The van der Waals surface area contributed by atoms with Gasteiger partial charge in [-0.1, -0.05) is 42.5 Å². The molecule has 3 aromatic heterocycles. The summed E-state index contributed by atoms with van der Waals surface area (Å²) in [5.41, 5.74) is 5.37. The van der Waals surface area contributed by atoms with Gasteiger partial charge < -0.3 is 10.2 Å². The molecule has 0 radical (unpaired) electrons. The third kappa shape index (κ3) is 4.08. The number of amides is 2. The molecule has 0 bridgehead atoms. The topological polar surface area (TPSA) is 58.1 Å². The van der Waals surface area contributed by atoms with Crippen LogP contribution in [0.15, 0.2) is 83.6 Å². The molecule has 2 aromatic carbocycles. The predicted molar refractivity (Wildman–Crippen MR) is 141 cm³/mol. The van der Waals surface area contributed by atoms with Crippen LogP contribution in [0.25, 0.3) is 32.2 Å². The Morgan fingerprint density at radius 3 is 2.24 bits per heavy atom. The molecular formula is C27H22N4OS2. The third-order valence-corrected chi connectivity index (χ3v) is 7.92. The van der Waals surface area contributed by atoms with Gasteiger partial charge in [0.1, 0.15) is 11.4 Å². The Hall–Kier alpha value is -3.55. The Morgan fingerprint density at radius 1 is 0.853 bits per heavy atom. The molecule has 1 unspecified atom stereocenters. The Kier molecular flexibility index (Phi) is 5.57. The Bertz CT molecular complexity index is 1430. The molecule has 168 valence electrons. The normalized spacial score (nSPS) is 15.6. The summed E-state index contributed by atoms with van der Waals surface area (Å²) in [6.07, 6.45) is 0.982. The minimum absolute atomic E-state index is 0.0700. The second-order valence-electron chi connectivity index (χ2n) is 8.35. The lowest BCUT2D eigenvalue weighted by Crippen LogP contribution is -2.32. The molecule has 34 heavy (non-hydrogen) atoms. The van der Waals surface area contributed by atoms with Gasteiger partial charge in [-0.05, 0) is 53.1 Å². The van der Waals surface area contributed by atoms with Crippen molar-refractivity contribution < 1.29 is 4.79 Å². The van der Waals surface area contributed by atoms with E-state index in [0.717, 1.165) is 57.4 Å². The molecule has 1 N–H and O–H groups in total. The lowest BCUT2D eigenvalue weighted by Gasteiger charge is -2.18. The molecule has 5 aromatic rings. The molecule has 7 heteroatoms. The zero-order valence-electron chi connectivity index (χ0n) is 18.3. The maximum Gasteiger partial charge on any atom is 0.321 e. The Balaban J connectivity index is 1.26. The number of likely N-dealkylation sites (tertiary alicyclic amines) is 1.